The molecule has 0 fully saturated rings. The van der Waals surface area contributed by atoms with E-state index in [0.717, 1.165) is 9.26 Å². The first kappa shape index (κ1) is 15.7. The van der Waals surface area contributed by atoms with E-state index < -0.39 is 0 Å². The molecule has 3 aromatic rings. The molecule has 116 valence electrons. The molecular formula is C18H16IN3O. The van der Waals surface area contributed by atoms with Gasteiger partial charge in [-0.3, -0.25) is 9.48 Å². The smallest absolute Gasteiger partial charge is 0.257 e. The van der Waals surface area contributed by atoms with Gasteiger partial charge in [0.2, 0.25) is 0 Å². The number of anilines is 1. The molecule has 0 aliphatic heterocycles. The van der Waals surface area contributed by atoms with E-state index in [1.165, 1.54) is 5.56 Å². The zero-order valence-electron chi connectivity index (χ0n) is 12.7. The summed E-state index contributed by atoms with van der Waals surface area (Å²) in [6, 6.07) is 19.5. The summed E-state index contributed by atoms with van der Waals surface area (Å²) in [5.41, 5.74) is 2.84. The molecule has 23 heavy (non-hydrogen) atoms. The Bertz CT molecular complexity index is 827. The number of carbonyl (C=O) groups excluding carboxylic acids is 1. The van der Waals surface area contributed by atoms with Crippen molar-refractivity contribution in [3.63, 3.8) is 0 Å². The van der Waals surface area contributed by atoms with Crippen molar-refractivity contribution in [3.05, 3.63) is 81.1 Å². The Balaban J connectivity index is 1.76. The number of aromatic nitrogens is 2. The van der Waals surface area contributed by atoms with Gasteiger partial charge in [-0.25, -0.2) is 0 Å². The highest BCUT2D eigenvalue weighted by molar-refractivity contribution is 14.1. The highest BCUT2D eigenvalue weighted by Crippen LogP contribution is 2.15. The molecule has 4 nitrogen and oxygen atoms in total. The van der Waals surface area contributed by atoms with Crippen LogP contribution in [0.1, 0.15) is 21.6 Å². The van der Waals surface area contributed by atoms with E-state index in [9.17, 15) is 4.79 Å². The van der Waals surface area contributed by atoms with Crippen LogP contribution in [0.3, 0.4) is 0 Å². The number of hydrogen-bond acceptors (Lipinski definition) is 2. The molecule has 1 amide bonds. The summed E-state index contributed by atoms with van der Waals surface area (Å²) < 4.78 is 2.81. The largest absolute Gasteiger partial charge is 0.305 e. The van der Waals surface area contributed by atoms with Crippen LogP contribution in [0.15, 0.2) is 60.7 Å². The van der Waals surface area contributed by atoms with E-state index >= 15 is 0 Å². The molecule has 0 saturated heterocycles. The summed E-state index contributed by atoms with van der Waals surface area (Å²) in [6.07, 6.45) is 0. The van der Waals surface area contributed by atoms with Gasteiger partial charge >= 0.3 is 0 Å². The Labute approximate surface area is 148 Å². The highest BCUT2D eigenvalue weighted by Gasteiger charge is 2.12. The van der Waals surface area contributed by atoms with Gasteiger partial charge in [0.25, 0.3) is 5.91 Å². The Hall–Kier alpha value is -2.15. The summed E-state index contributed by atoms with van der Waals surface area (Å²) in [6.45, 7) is 2.67. The van der Waals surface area contributed by atoms with Crippen molar-refractivity contribution in [3.8, 4) is 0 Å². The predicted molar refractivity (Wildman–Crippen MR) is 99.6 cm³/mol. The topological polar surface area (TPSA) is 46.9 Å². The fourth-order valence-corrected chi connectivity index (χ4v) is 2.95. The third kappa shape index (κ3) is 3.79. The second-order valence-electron chi connectivity index (χ2n) is 5.25. The van der Waals surface area contributed by atoms with Crippen LogP contribution >= 0.6 is 22.6 Å². The minimum Gasteiger partial charge on any atom is -0.305 e. The Morgan fingerprint density at radius 3 is 2.57 bits per heavy atom. The minimum absolute atomic E-state index is 0.139. The molecule has 0 unspecified atom stereocenters. The molecule has 3 rings (SSSR count). The first-order chi connectivity index (χ1) is 11.1. The number of hydrogen-bond donors (Lipinski definition) is 1. The van der Waals surface area contributed by atoms with E-state index in [2.05, 4.69) is 45.1 Å². The summed E-state index contributed by atoms with van der Waals surface area (Å²) >= 11 is 2.16. The summed E-state index contributed by atoms with van der Waals surface area (Å²) in [7, 11) is 0. The second kappa shape index (κ2) is 6.95. The molecule has 2 aromatic carbocycles. The number of halogens is 1. The molecule has 1 aromatic heterocycles. The van der Waals surface area contributed by atoms with Crippen molar-refractivity contribution >= 4 is 34.3 Å². The molecule has 0 spiro atoms. The van der Waals surface area contributed by atoms with Crippen molar-refractivity contribution in [2.45, 2.75) is 13.5 Å². The van der Waals surface area contributed by atoms with Crippen molar-refractivity contribution in [1.29, 1.82) is 0 Å². The Morgan fingerprint density at radius 1 is 1.13 bits per heavy atom. The summed E-state index contributed by atoms with van der Waals surface area (Å²) in [5.74, 6) is 0.433. The molecule has 0 saturated carbocycles. The molecule has 5 heteroatoms. The monoisotopic (exact) mass is 417 g/mol. The number of benzene rings is 2. The molecule has 0 aliphatic carbocycles. The van der Waals surface area contributed by atoms with Gasteiger partial charge in [-0.1, -0.05) is 42.5 Å². The predicted octanol–water partition coefficient (Wildman–Crippen LogP) is 4.10. The standard InChI is InChI=1S/C18H16IN3O/c1-13-11-17(20-18(23)15-9-5-6-10-16(15)19)21-22(13)12-14-7-3-2-4-8-14/h2-11H,12H2,1H3,(H,20,21,23). The van der Waals surface area contributed by atoms with E-state index in [-0.39, 0.29) is 5.91 Å². The van der Waals surface area contributed by atoms with Gasteiger partial charge in [-0.2, -0.15) is 5.10 Å². The second-order valence-corrected chi connectivity index (χ2v) is 6.41. The number of rotatable bonds is 4. The number of nitrogens with zero attached hydrogens (tertiary/aromatic N) is 2. The van der Waals surface area contributed by atoms with Crippen LogP contribution in [-0.4, -0.2) is 15.7 Å². The number of nitrogens with one attached hydrogen (secondary N) is 1. The zero-order chi connectivity index (χ0) is 16.2. The fraction of sp³-hybridized carbons (Fsp3) is 0.111. The van der Waals surface area contributed by atoms with Crippen LogP contribution in [0, 0.1) is 10.5 Å². The van der Waals surface area contributed by atoms with Crippen LogP contribution in [0.25, 0.3) is 0 Å². The van der Waals surface area contributed by atoms with Crippen LogP contribution < -0.4 is 5.32 Å². The maximum Gasteiger partial charge on any atom is 0.257 e. The van der Waals surface area contributed by atoms with Gasteiger partial charge in [-0.15, -0.1) is 0 Å². The number of carbonyl (C=O) groups is 1. The molecular weight excluding hydrogens is 401 g/mol. The quantitative estimate of drug-likeness (QED) is 0.650. The first-order valence-electron chi connectivity index (χ1n) is 7.28. The third-order valence-corrected chi connectivity index (χ3v) is 4.46. The fourth-order valence-electron chi connectivity index (χ4n) is 2.32. The third-order valence-electron chi connectivity index (χ3n) is 3.52. The maximum absolute atomic E-state index is 12.3. The van der Waals surface area contributed by atoms with Gasteiger partial charge < -0.3 is 5.32 Å². The molecule has 0 aliphatic rings. The van der Waals surface area contributed by atoms with Crippen LogP contribution in [0.2, 0.25) is 0 Å². The minimum atomic E-state index is -0.139. The Morgan fingerprint density at radius 2 is 1.83 bits per heavy atom. The first-order valence-corrected chi connectivity index (χ1v) is 8.35. The van der Waals surface area contributed by atoms with E-state index in [4.69, 9.17) is 0 Å². The van der Waals surface area contributed by atoms with Crippen LogP contribution in [0.4, 0.5) is 5.82 Å². The van der Waals surface area contributed by atoms with Gasteiger partial charge in [0.1, 0.15) is 0 Å². The lowest BCUT2D eigenvalue weighted by atomic mass is 10.2. The molecule has 1 heterocycles. The normalized spacial score (nSPS) is 10.5. The number of aryl methyl sites for hydroxylation is 1. The lowest BCUT2D eigenvalue weighted by Crippen LogP contribution is -2.14. The van der Waals surface area contributed by atoms with Crippen LogP contribution in [0.5, 0.6) is 0 Å². The number of amides is 1. The zero-order valence-corrected chi connectivity index (χ0v) is 14.8. The molecule has 0 bridgehead atoms. The average molecular weight is 417 g/mol. The van der Waals surface area contributed by atoms with Crippen LogP contribution in [-0.2, 0) is 6.54 Å². The molecule has 0 atom stereocenters. The highest BCUT2D eigenvalue weighted by atomic mass is 127. The summed E-state index contributed by atoms with van der Waals surface area (Å²) in [5, 5.41) is 7.35. The van der Waals surface area contributed by atoms with Crippen molar-refractivity contribution in [2.75, 3.05) is 5.32 Å². The molecule has 0 radical (unpaired) electrons. The van der Waals surface area contributed by atoms with Gasteiger partial charge in [0.05, 0.1) is 12.1 Å². The SMILES string of the molecule is Cc1cc(NC(=O)c2ccccc2I)nn1Cc1ccccc1. The van der Waals surface area contributed by atoms with E-state index in [1.807, 2.05) is 60.1 Å². The van der Waals surface area contributed by atoms with Crippen molar-refractivity contribution < 1.29 is 4.79 Å². The lowest BCUT2D eigenvalue weighted by molar-refractivity contribution is 0.102. The van der Waals surface area contributed by atoms with Crippen molar-refractivity contribution in [1.82, 2.24) is 9.78 Å². The van der Waals surface area contributed by atoms with E-state index in [0.29, 0.717) is 17.9 Å². The average Bonchev–Trinajstić information content (AvgIpc) is 2.88. The lowest BCUT2D eigenvalue weighted by Gasteiger charge is -2.05. The van der Waals surface area contributed by atoms with E-state index in [1.54, 1.807) is 0 Å². The van der Waals surface area contributed by atoms with Gasteiger partial charge in [0, 0.05) is 15.3 Å². The van der Waals surface area contributed by atoms with Gasteiger partial charge in [0.15, 0.2) is 5.82 Å². The summed E-state index contributed by atoms with van der Waals surface area (Å²) in [4.78, 5) is 12.3. The maximum atomic E-state index is 12.3. The van der Waals surface area contributed by atoms with Crippen molar-refractivity contribution in [2.24, 2.45) is 0 Å². The van der Waals surface area contributed by atoms with Gasteiger partial charge in [-0.05, 0) is 47.2 Å². The Kier molecular flexibility index (Phi) is 4.76. The molecule has 1 N–H and O–H groups in total.